The average Bonchev–Trinajstić information content (AvgIpc) is 2.25. The molecule has 0 amide bonds. The van der Waals surface area contributed by atoms with Gasteiger partial charge in [-0.25, -0.2) is 4.39 Å². The Morgan fingerprint density at radius 2 is 2.25 bits per heavy atom. The van der Waals surface area contributed by atoms with Gasteiger partial charge in [0.1, 0.15) is 18.2 Å². The summed E-state index contributed by atoms with van der Waals surface area (Å²) in [6.07, 6.45) is 0.850. The second-order valence-electron chi connectivity index (χ2n) is 3.86. The van der Waals surface area contributed by atoms with Crippen molar-refractivity contribution in [2.75, 3.05) is 6.61 Å². The third kappa shape index (κ3) is 3.35. The highest BCUT2D eigenvalue weighted by atomic mass is 19.1. The molecule has 1 atom stereocenters. The smallest absolute Gasteiger partial charge is 0.127 e. The zero-order valence-electron chi connectivity index (χ0n) is 9.79. The number of ether oxygens (including phenoxy) is 1. The van der Waals surface area contributed by atoms with E-state index in [9.17, 15) is 4.39 Å². The van der Waals surface area contributed by atoms with Crippen LogP contribution in [0.5, 0.6) is 5.75 Å². The van der Waals surface area contributed by atoms with Crippen LogP contribution >= 0.6 is 0 Å². The monoisotopic (exact) mass is 223 g/mol. The third-order valence-electron chi connectivity index (χ3n) is 2.40. The Morgan fingerprint density at radius 3 is 2.81 bits per heavy atom. The minimum atomic E-state index is -0.318. The Labute approximate surface area is 95.9 Å². The number of hydrogen-bond acceptors (Lipinski definition) is 2. The Bertz CT molecular complexity index is 374. The van der Waals surface area contributed by atoms with Crippen molar-refractivity contribution in [3.05, 3.63) is 41.7 Å². The molecule has 0 aliphatic heterocycles. The van der Waals surface area contributed by atoms with E-state index in [2.05, 4.69) is 6.58 Å². The van der Waals surface area contributed by atoms with Crippen LogP contribution in [0.25, 0.3) is 0 Å². The lowest BCUT2D eigenvalue weighted by atomic mass is 10.1. The summed E-state index contributed by atoms with van der Waals surface area (Å²) in [7, 11) is 0. The van der Waals surface area contributed by atoms with Crippen LogP contribution < -0.4 is 10.5 Å². The Balaban J connectivity index is 2.84. The molecule has 2 nitrogen and oxygen atoms in total. The van der Waals surface area contributed by atoms with Gasteiger partial charge in [0.25, 0.3) is 0 Å². The molecule has 0 saturated carbocycles. The van der Waals surface area contributed by atoms with Crippen molar-refractivity contribution < 1.29 is 9.13 Å². The van der Waals surface area contributed by atoms with E-state index in [1.54, 1.807) is 6.07 Å². The SMILES string of the molecule is C=C(CC)COc1cc(F)ccc1[C@@H](C)N. The zero-order valence-corrected chi connectivity index (χ0v) is 9.79. The van der Waals surface area contributed by atoms with Gasteiger partial charge in [-0.3, -0.25) is 0 Å². The van der Waals surface area contributed by atoms with E-state index in [1.165, 1.54) is 12.1 Å². The van der Waals surface area contributed by atoms with Crippen molar-refractivity contribution in [2.24, 2.45) is 5.73 Å². The molecule has 2 N–H and O–H groups in total. The highest BCUT2D eigenvalue weighted by Gasteiger charge is 2.09. The molecule has 0 radical (unpaired) electrons. The van der Waals surface area contributed by atoms with E-state index in [-0.39, 0.29) is 11.9 Å². The van der Waals surface area contributed by atoms with Gasteiger partial charge in [0.15, 0.2) is 0 Å². The summed E-state index contributed by atoms with van der Waals surface area (Å²) in [5.74, 6) is 0.186. The average molecular weight is 223 g/mol. The van der Waals surface area contributed by atoms with Crippen molar-refractivity contribution >= 4 is 0 Å². The molecule has 0 unspecified atom stereocenters. The maximum atomic E-state index is 13.1. The number of benzene rings is 1. The van der Waals surface area contributed by atoms with Crippen LogP contribution in [0.15, 0.2) is 30.4 Å². The maximum Gasteiger partial charge on any atom is 0.127 e. The van der Waals surface area contributed by atoms with Gasteiger partial charge in [-0.1, -0.05) is 19.6 Å². The molecule has 3 heteroatoms. The fraction of sp³-hybridized carbons (Fsp3) is 0.385. The van der Waals surface area contributed by atoms with Crippen LogP contribution in [0.2, 0.25) is 0 Å². The van der Waals surface area contributed by atoms with Gasteiger partial charge in [0.2, 0.25) is 0 Å². The van der Waals surface area contributed by atoms with Crippen LogP contribution in [0.4, 0.5) is 4.39 Å². The fourth-order valence-electron chi connectivity index (χ4n) is 1.29. The lowest BCUT2D eigenvalue weighted by molar-refractivity contribution is 0.341. The highest BCUT2D eigenvalue weighted by Crippen LogP contribution is 2.25. The van der Waals surface area contributed by atoms with Gasteiger partial charge in [0, 0.05) is 17.7 Å². The summed E-state index contributed by atoms with van der Waals surface area (Å²) in [6.45, 7) is 8.08. The molecule has 88 valence electrons. The summed E-state index contributed by atoms with van der Waals surface area (Å²) in [5, 5.41) is 0. The minimum Gasteiger partial charge on any atom is -0.489 e. The lowest BCUT2D eigenvalue weighted by Crippen LogP contribution is -2.09. The first kappa shape index (κ1) is 12.7. The van der Waals surface area contributed by atoms with Crippen LogP contribution in [0, 0.1) is 5.82 Å². The van der Waals surface area contributed by atoms with Crippen molar-refractivity contribution in [3.8, 4) is 5.75 Å². The van der Waals surface area contributed by atoms with Crippen molar-refractivity contribution in [1.29, 1.82) is 0 Å². The van der Waals surface area contributed by atoms with Crippen LogP contribution in [-0.2, 0) is 0 Å². The Morgan fingerprint density at radius 1 is 1.56 bits per heavy atom. The van der Waals surface area contributed by atoms with E-state index < -0.39 is 0 Å². The predicted octanol–water partition coefficient (Wildman–Crippen LogP) is 3.19. The molecule has 0 bridgehead atoms. The van der Waals surface area contributed by atoms with E-state index in [0.29, 0.717) is 12.4 Å². The summed E-state index contributed by atoms with van der Waals surface area (Å²) < 4.78 is 18.6. The summed E-state index contributed by atoms with van der Waals surface area (Å²) in [4.78, 5) is 0. The molecule has 1 aromatic rings. The number of halogens is 1. The van der Waals surface area contributed by atoms with Crippen molar-refractivity contribution in [1.82, 2.24) is 0 Å². The molecule has 0 aliphatic carbocycles. The van der Waals surface area contributed by atoms with Gasteiger partial charge in [-0.05, 0) is 25.0 Å². The molecule has 1 rings (SSSR count). The van der Waals surface area contributed by atoms with Crippen LogP contribution in [0.1, 0.15) is 31.9 Å². The van der Waals surface area contributed by atoms with Crippen molar-refractivity contribution in [3.63, 3.8) is 0 Å². The van der Waals surface area contributed by atoms with E-state index in [4.69, 9.17) is 10.5 Å². The van der Waals surface area contributed by atoms with E-state index >= 15 is 0 Å². The predicted molar refractivity (Wildman–Crippen MR) is 63.9 cm³/mol. The number of rotatable bonds is 5. The van der Waals surface area contributed by atoms with Crippen LogP contribution in [0.3, 0.4) is 0 Å². The first-order valence-electron chi connectivity index (χ1n) is 5.39. The van der Waals surface area contributed by atoms with Gasteiger partial charge in [-0.15, -0.1) is 0 Å². The van der Waals surface area contributed by atoms with Gasteiger partial charge in [-0.2, -0.15) is 0 Å². The third-order valence-corrected chi connectivity index (χ3v) is 2.40. The van der Waals surface area contributed by atoms with E-state index in [1.807, 2.05) is 13.8 Å². The maximum absolute atomic E-state index is 13.1. The Hall–Kier alpha value is -1.35. The number of hydrogen-bond donors (Lipinski definition) is 1. The molecule has 0 aliphatic rings. The highest BCUT2D eigenvalue weighted by molar-refractivity contribution is 5.36. The summed E-state index contributed by atoms with van der Waals surface area (Å²) >= 11 is 0. The molecular weight excluding hydrogens is 205 g/mol. The molecular formula is C13H18FNO. The number of nitrogens with two attached hydrogens (primary N) is 1. The first-order chi connectivity index (χ1) is 7.54. The summed E-state index contributed by atoms with van der Waals surface area (Å²) in [5.41, 5.74) is 7.56. The van der Waals surface area contributed by atoms with Gasteiger partial charge < -0.3 is 10.5 Å². The molecule has 0 fully saturated rings. The quantitative estimate of drug-likeness (QED) is 0.778. The molecule has 16 heavy (non-hydrogen) atoms. The van der Waals surface area contributed by atoms with Gasteiger partial charge >= 0.3 is 0 Å². The normalized spacial score (nSPS) is 12.2. The topological polar surface area (TPSA) is 35.2 Å². The van der Waals surface area contributed by atoms with E-state index in [0.717, 1.165) is 17.6 Å². The zero-order chi connectivity index (χ0) is 12.1. The summed E-state index contributed by atoms with van der Waals surface area (Å²) in [6, 6.07) is 4.23. The largest absolute Gasteiger partial charge is 0.489 e. The van der Waals surface area contributed by atoms with Gasteiger partial charge in [0.05, 0.1) is 0 Å². The molecule has 1 aromatic carbocycles. The molecule has 0 aromatic heterocycles. The van der Waals surface area contributed by atoms with Crippen molar-refractivity contribution in [2.45, 2.75) is 26.3 Å². The lowest BCUT2D eigenvalue weighted by Gasteiger charge is -2.14. The molecule has 0 heterocycles. The second-order valence-corrected chi connectivity index (χ2v) is 3.86. The molecule has 0 saturated heterocycles. The molecule has 0 spiro atoms. The first-order valence-corrected chi connectivity index (χ1v) is 5.39. The Kier molecular flexibility index (Phi) is 4.50. The standard InChI is InChI=1S/C13H18FNO/c1-4-9(2)8-16-13-7-11(14)5-6-12(13)10(3)15/h5-7,10H,2,4,8,15H2,1,3H3/t10-/m1/s1. The fourth-order valence-corrected chi connectivity index (χ4v) is 1.29. The second kappa shape index (κ2) is 5.66. The van der Waals surface area contributed by atoms with Crippen LogP contribution in [-0.4, -0.2) is 6.61 Å². The minimum absolute atomic E-state index is 0.175.